The SMILES string of the molecule is c1ccc(-c2ccc3c(c2)N(c2ccc(-c4nc(-c5ccccc5)nc(-c5ccccc5)n4)cc2)c2cc(-c4ccccc4)cc4c5cc(-c6ccccc6)ccc5n-3c24)cc1. The molecule has 0 N–H and O–H groups in total. The largest absolute Gasteiger partial charge is 0.306 e. The second-order valence-electron chi connectivity index (χ2n) is 15.7. The number of anilines is 3. The second kappa shape index (κ2) is 14.7. The van der Waals surface area contributed by atoms with Crippen molar-refractivity contribution < 1.29 is 0 Å². The Labute approximate surface area is 359 Å². The third-order valence-electron chi connectivity index (χ3n) is 11.9. The third kappa shape index (κ3) is 6.06. The van der Waals surface area contributed by atoms with Crippen molar-refractivity contribution >= 4 is 38.9 Å². The molecule has 0 bridgehead atoms. The summed E-state index contributed by atoms with van der Waals surface area (Å²) in [5, 5.41) is 2.43. The summed E-state index contributed by atoms with van der Waals surface area (Å²) in [6.45, 7) is 0. The summed E-state index contributed by atoms with van der Waals surface area (Å²) in [5.41, 5.74) is 16.6. The van der Waals surface area contributed by atoms with Gasteiger partial charge in [-0.2, -0.15) is 0 Å². The highest BCUT2D eigenvalue weighted by Crippen LogP contribution is 2.52. The molecule has 11 aromatic rings. The molecule has 0 unspecified atom stereocenters. The van der Waals surface area contributed by atoms with E-state index in [0.29, 0.717) is 17.5 Å². The summed E-state index contributed by atoms with van der Waals surface area (Å²) in [6, 6.07) is 79.5. The van der Waals surface area contributed by atoms with E-state index >= 15 is 0 Å². The maximum Gasteiger partial charge on any atom is 0.164 e. The zero-order chi connectivity index (χ0) is 41.0. The van der Waals surface area contributed by atoms with E-state index in [-0.39, 0.29) is 0 Å². The number of benzene rings is 9. The highest BCUT2D eigenvalue weighted by molar-refractivity contribution is 6.18. The summed E-state index contributed by atoms with van der Waals surface area (Å²) >= 11 is 0. The molecule has 0 saturated carbocycles. The van der Waals surface area contributed by atoms with Gasteiger partial charge in [-0.05, 0) is 94.0 Å². The van der Waals surface area contributed by atoms with Gasteiger partial charge in [-0.15, -0.1) is 0 Å². The van der Waals surface area contributed by atoms with Crippen molar-refractivity contribution in [2.75, 3.05) is 4.90 Å². The summed E-state index contributed by atoms with van der Waals surface area (Å²) in [4.78, 5) is 17.5. The highest BCUT2D eigenvalue weighted by Gasteiger charge is 2.30. The zero-order valence-electron chi connectivity index (χ0n) is 33.6. The van der Waals surface area contributed by atoms with Gasteiger partial charge < -0.3 is 9.47 Å². The van der Waals surface area contributed by atoms with Gasteiger partial charge in [0.25, 0.3) is 0 Å². The van der Waals surface area contributed by atoms with Crippen LogP contribution in [0.3, 0.4) is 0 Å². The lowest BCUT2D eigenvalue weighted by Crippen LogP contribution is -2.18. The summed E-state index contributed by atoms with van der Waals surface area (Å²) in [7, 11) is 0. The van der Waals surface area contributed by atoms with Crippen LogP contribution in [0, 0.1) is 0 Å². The van der Waals surface area contributed by atoms with Crippen molar-refractivity contribution in [3.63, 3.8) is 0 Å². The van der Waals surface area contributed by atoms with Gasteiger partial charge in [0.2, 0.25) is 0 Å². The van der Waals surface area contributed by atoms with Crippen LogP contribution in [0.15, 0.2) is 224 Å². The minimum Gasteiger partial charge on any atom is -0.306 e. The molecule has 5 heteroatoms. The Hall–Kier alpha value is -8.41. The molecule has 1 aliphatic rings. The van der Waals surface area contributed by atoms with E-state index in [1.54, 1.807) is 0 Å². The molecule has 1 aliphatic heterocycles. The molecule has 0 radical (unpaired) electrons. The first-order valence-corrected chi connectivity index (χ1v) is 20.9. The van der Waals surface area contributed by atoms with E-state index in [0.717, 1.165) is 50.6 Å². The van der Waals surface area contributed by atoms with Crippen molar-refractivity contribution in [3.05, 3.63) is 224 Å². The number of rotatable bonds is 7. The minimum atomic E-state index is 0.623. The lowest BCUT2D eigenvalue weighted by Gasteiger charge is -2.34. The average molecular weight is 792 g/mol. The van der Waals surface area contributed by atoms with Crippen molar-refractivity contribution in [1.29, 1.82) is 0 Å². The smallest absolute Gasteiger partial charge is 0.164 e. The minimum absolute atomic E-state index is 0.623. The first-order valence-electron chi connectivity index (χ1n) is 20.9. The predicted octanol–water partition coefficient (Wildman–Crippen LogP) is 14.8. The molecule has 2 aromatic heterocycles. The molecule has 3 heterocycles. The first-order chi connectivity index (χ1) is 30.7. The number of hydrogen-bond donors (Lipinski definition) is 0. The van der Waals surface area contributed by atoms with Gasteiger partial charge in [0.05, 0.1) is 28.1 Å². The lowest BCUT2D eigenvalue weighted by molar-refractivity contribution is 1.07. The van der Waals surface area contributed by atoms with E-state index in [9.17, 15) is 0 Å². The molecule has 9 aromatic carbocycles. The van der Waals surface area contributed by atoms with Crippen LogP contribution in [0.4, 0.5) is 17.1 Å². The molecule has 0 spiro atoms. The van der Waals surface area contributed by atoms with E-state index in [1.165, 1.54) is 44.1 Å². The van der Waals surface area contributed by atoms with Crippen LogP contribution in [0.25, 0.3) is 95.0 Å². The standard InChI is InChI=1S/C57H37N5/c1-6-16-38(17-7-1)44-28-32-50-48(34-44)49-35-46(40-20-10-3-11-21-40)37-53-54(49)62(50)51-33-29-45(39-18-8-2-9-19-39)36-52(51)61(53)47-30-26-43(27-31-47)57-59-55(41-22-12-4-13-23-41)58-56(60-57)42-24-14-5-15-25-42/h1-37H. The van der Waals surface area contributed by atoms with Crippen LogP contribution < -0.4 is 4.90 Å². The van der Waals surface area contributed by atoms with Crippen LogP contribution in [0.2, 0.25) is 0 Å². The molecule has 12 rings (SSSR count). The van der Waals surface area contributed by atoms with Crippen molar-refractivity contribution in [2.24, 2.45) is 0 Å². The van der Waals surface area contributed by atoms with E-state index in [2.05, 4.69) is 173 Å². The fourth-order valence-corrected chi connectivity index (χ4v) is 8.96. The Morgan fingerprint density at radius 3 is 1.21 bits per heavy atom. The maximum absolute atomic E-state index is 5.04. The summed E-state index contributed by atoms with van der Waals surface area (Å²) in [6.07, 6.45) is 0. The van der Waals surface area contributed by atoms with Gasteiger partial charge in [-0.1, -0.05) is 164 Å². The number of nitrogens with zero attached hydrogens (tertiary/aromatic N) is 5. The quantitative estimate of drug-likeness (QED) is 0.161. The lowest BCUT2D eigenvalue weighted by atomic mass is 9.97. The predicted molar refractivity (Wildman–Crippen MR) is 255 cm³/mol. The first kappa shape index (κ1) is 35.5. The molecule has 0 aliphatic carbocycles. The number of aromatic nitrogens is 4. The van der Waals surface area contributed by atoms with Gasteiger partial charge in [-0.3, -0.25) is 0 Å². The second-order valence-corrected chi connectivity index (χ2v) is 15.7. The molecule has 0 saturated heterocycles. The molecule has 290 valence electrons. The monoisotopic (exact) mass is 791 g/mol. The number of hydrogen-bond acceptors (Lipinski definition) is 4. The van der Waals surface area contributed by atoms with Gasteiger partial charge >= 0.3 is 0 Å². The van der Waals surface area contributed by atoms with E-state index in [1.807, 2.05) is 60.7 Å². The average Bonchev–Trinajstić information content (AvgIpc) is 3.69. The maximum atomic E-state index is 5.04. The molecule has 62 heavy (non-hydrogen) atoms. The van der Waals surface area contributed by atoms with Crippen LogP contribution in [-0.4, -0.2) is 19.5 Å². The van der Waals surface area contributed by atoms with Crippen LogP contribution >= 0.6 is 0 Å². The third-order valence-corrected chi connectivity index (χ3v) is 11.9. The van der Waals surface area contributed by atoms with Crippen molar-refractivity contribution in [3.8, 4) is 73.2 Å². The van der Waals surface area contributed by atoms with Gasteiger partial charge in [-0.25, -0.2) is 15.0 Å². The Morgan fingerprint density at radius 1 is 0.274 bits per heavy atom. The Balaban J connectivity index is 1.09. The van der Waals surface area contributed by atoms with Crippen LogP contribution in [-0.2, 0) is 0 Å². The molecule has 5 nitrogen and oxygen atoms in total. The Bertz CT molecular complexity index is 3360. The highest BCUT2D eigenvalue weighted by atomic mass is 15.2. The Morgan fingerprint density at radius 2 is 0.677 bits per heavy atom. The fourth-order valence-electron chi connectivity index (χ4n) is 8.96. The van der Waals surface area contributed by atoms with Gasteiger partial charge in [0.15, 0.2) is 17.5 Å². The van der Waals surface area contributed by atoms with Crippen molar-refractivity contribution in [2.45, 2.75) is 0 Å². The van der Waals surface area contributed by atoms with E-state index < -0.39 is 0 Å². The molecular formula is C57H37N5. The Kier molecular flexibility index (Phi) is 8.42. The van der Waals surface area contributed by atoms with E-state index in [4.69, 9.17) is 15.0 Å². The molecule has 0 amide bonds. The fraction of sp³-hybridized carbons (Fsp3) is 0. The summed E-state index contributed by atoms with van der Waals surface area (Å²) < 4.78 is 2.47. The normalized spacial score (nSPS) is 11.8. The van der Waals surface area contributed by atoms with Gasteiger partial charge in [0, 0.05) is 33.2 Å². The van der Waals surface area contributed by atoms with Gasteiger partial charge in [0.1, 0.15) is 0 Å². The molecular weight excluding hydrogens is 755 g/mol. The molecule has 0 fully saturated rings. The topological polar surface area (TPSA) is 46.8 Å². The van der Waals surface area contributed by atoms with Crippen LogP contribution in [0.5, 0.6) is 0 Å². The summed E-state index contributed by atoms with van der Waals surface area (Å²) in [5.74, 6) is 1.90. The van der Waals surface area contributed by atoms with Crippen LogP contribution in [0.1, 0.15) is 0 Å². The number of fused-ring (bicyclic) bond motifs is 5. The van der Waals surface area contributed by atoms with Crippen molar-refractivity contribution in [1.82, 2.24) is 19.5 Å². The zero-order valence-corrected chi connectivity index (χ0v) is 33.6. The molecule has 0 atom stereocenters.